The first-order valence-corrected chi connectivity index (χ1v) is 14.2. The van der Waals surface area contributed by atoms with Crippen LogP contribution in [0.1, 0.15) is 51.9 Å². The van der Waals surface area contributed by atoms with Crippen molar-refractivity contribution in [3.63, 3.8) is 0 Å². The van der Waals surface area contributed by atoms with Crippen LogP contribution in [-0.2, 0) is 28.4 Å². The Hall–Kier alpha value is -0.520. The lowest BCUT2D eigenvalue weighted by molar-refractivity contribution is -0.355. The molecule has 3 saturated heterocycles. The van der Waals surface area contributed by atoms with Crippen molar-refractivity contribution >= 4 is 0 Å². The van der Waals surface area contributed by atoms with Crippen molar-refractivity contribution in [3.05, 3.63) is 0 Å². The minimum Gasteiger partial charge on any atom is -0.394 e. The average Bonchev–Trinajstić information content (AvgIpc) is 2.95. The Morgan fingerprint density at radius 2 is 1.38 bits per heavy atom. The molecule has 1 aliphatic carbocycles. The molecule has 0 spiro atoms. The smallest absolute Gasteiger partial charge is 0.187 e. The number of ether oxygens (including phenoxy) is 6. The van der Waals surface area contributed by atoms with E-state index in [1.54, 1.807) is 0 Å². The normalized spacial score (nSPS) is 46.3. The molecule has 3 aliphatic heterocycles. The molecule has 4 rings (SSSR count). The molecule has 39 heavy (non-hydrogen) atoms. The Morgan fingerprint density at radius 3 is 2.08 bits per heavy atom. The standard InChI is InChI=1S/C26H46O13/c1-13-18(29)20(31)21(32)25(36-13)39-23-15(8-10-34-17(23)12-28)37-26-22(33)24(19(30)16(11-27)38-26)35-9-7-14-5-3-2-4-6-14/h13-33H,2-12H2,1H3. The van der Waals surface area contributed by atoms with Crippen molar-refractivity contribution in [1.82, 2.24) is 0 Å². The Morgan fingerprint density at radius 1 is 0.692 bits per heavy atom. The second kappa shape index (κ2) is 14.6. The molecular formula is C26H46O13. The molecular weight excluding hydrogens is 520 g/mol. The summed E-state index contributed by atoms with van der Waals surface area (Å²) in [5.74, 6) is 0.545. The van der Waals surface area contributed by atoms with Crippen LogP contribution in [0.5, 0.6) is 0 Å². The summed E-state index contributed by atoms with van der Waals surface area (Å²) in [5.41, 5.74) is 0. The number of hydrogen-bond acceptors (Lipinski definition) is 13. The predicted molar refractivity (Wildman–Crippen MR) is 132 cm³/mol. The fourth-order valence-corrected chi connectivity index (χ4v) is 5.97. The zero-order valence-corrected chi connectivity index (χ0v) is 22.4. The van der Waals surface area contributed by atoms with Crippen molar-refractivity contribution in [2.75, 3.05) is 26.4 Å². The maximum atomic E-state index is 11.1. The minimum atomic E-state index is -1.58. The lowest BCUT2D eigenvalue weighted by Gasteiger charge is -2.46. The molecule has 13 nitrogen and oxygen atoms in total. The molecule has 0 aromatic carbocycles. The van der Waals surface area contributed by atoms with Gasteiger partial charge < -0.3 is 64.2 Å². The molecule has 228 valence electrons. The SMILES string of the molecule is CC1OC(OC2C(CO)OCCC2OC2OC(CO)C(O)C(OCCC3CCCCC3)C2O)C(O)C(O)C1O. The summed E-state index contributed by atoms with van der Waals surface area (Å²) in [4.78, 5) is 0. The summed E-state index contributed by atoms with van der Waals surface area (Å²) in [5, 5.41) is 72.1. The average molecular weight is 567 g/mol. The summed E-state index contributed by atoms with van der Waals surface area (Å²) >= 11 is 0. The molecule has 3 heterocycles. The number of aliphatic hydroxyl groups is 7. The van der Waals surface area contributed by atoms with Gasteiger partial charge in [-0.3, -0.25) is 0 Å². The third-order valence-electron chi connectivity index (χ3n) is 8.44. The predicted octanol–water partition coefficient (Wildman–Crippen LogP) is -1.84. The van der Waals surface area contributed by atoms with Crippen LogP contribution in [0.25, 0.3) is 0 Å². The number of aliphatic hydroxyl groups excluding tert-OH is 7. The summed E-state index contributed by atoms with van der Waals surface area (Å²) < 4.78 is 34.8. The highest BCUT2D eigenvalue weighted by atomic mass is 16.7. The molecule has 0 radical (unpaired) electrons. The first kappa shape index (κ1) is 31.4. The van der Waals surface area contributed by atoms with E-state index < -0.39 is 92.9 Å². The fourth-order valence-electron chi connectivity index (χ4n) is 5.97. The third-order valence-corrected chi connectivity index (χ3v) is 8.44. The topological polar surface area (TPSA) is 197 Å². The van der Waals surface area contributed by atoms with E-state index in [1.165, 1.54) is 26.2 Å². The van der Waals surface area contributed by atoms with Crippen molar-refractivity contribution in [2.45, 2.75) is 132 Å². The van der Waals surface area contributed by atoms with Gasteiger partial charge in [0, 0.05) is 13.2 Å². The summed E-state index contributed by atoms with van der Waals surface area (Å²) in [6.45, 7) is 1.08. The first-order chi connectivity index (χ1) is 18.7. The summed E-state index contributed by atoms with van der Waals surface area (Å²) in [7, 11) is 0. The van der Waals surface area contributed by atoms with E-state index in [4.69, 9.17) is 28.4 Å². The zero-order valence-electron chi connectivity index (χ0n) is 22.4. The molecule has 0 aromatic heterocycles. The van der Waals surface area contributed by atoms with Crippen LogP contribution in [0, 0.1) is 5.92 Å². The van der Waals surface area contributed by atoms with Crippen LogP contribution in [-0.4, -0.2) is 142 Å². The van der Waals surface area contributed by atoms with E-state index in [0.29, 0.717) is 12.5 Å². The molecule has 13 heteroatoms. The van der Waals surface area contributed by atoms with Gasteiger partial charge in [0.2, 0.25) is 0 Å². The van der Waals surface area contributed by atoms with Crippen molar-refractivity contribution < 1.29 is 64.2 Å². The second-order valence-electron chi connectivity index (χ2n) is 11.2. The van der Waals surface area contributed by atoms with Crippen molar-refractivity contribution in [2.24, 2.45) is 5.92 Å². The highest BCUT2D eigenvalue weighted by Crippen LogP contribution is 2.32. The molecule has 13 atom stereocenters. The largest absolute Gasteiger partial charge is 0.394 e. The number of rotatable bonds is 10. The summed E-state index contributed by atoms with van der Waals surface area (Å²) in [6, 6.07) is 0. The molecule has 0 aromatic rings. The van der Waals surface area contributed by atoms with Crippen LogP contribution in [0.4, 0.5) is 0 Å². The maximum absolute atomic E-state index is 11.1. The van der Waals surface area contributed by atoms with Crippen molar-refractivity contribution in [1.29, 1.82) is 0 Å². The molecule has 7 N–H and O–H groups in total. The van der Waals surface area contributed by atoms with E-state index in [9.17, 15) is 35.7 Å². The monoisotopic (exact) mass is 566 g/mol. The Bertz CT molecular complexity index is 724. The Kier molecular flexibility index (Phi) is 11.7. The van der Waals surface area contributed by atoms with Gasteiger partial charge in [0.15, 0.2) is 12.6 Å². The highest BCUT2D eigenvalue weighted by Gasteiger charge is 2.50. The highest BCUT2D eigenvalue weighted by molar-refractivity contribution is 4.94. The van der Waals surface area contributed by atoms with Crippen LogP contribution >= 0.6 is 0 Å². The zero-order chi connectivity index (χ0) is 28.1. The molecule has 0 bridgehead atoms. The van der Waals surface area contributed by atoms with Crippen LogP contribution in [0.15, 0.2) is 0 Å². The number of hydrogen-bond donors (Lipinski definition) is 7. The van der Waals surface area contributed by atoms with Gasteiger partial charge in [-0.25, -0.2) is 0 Å². The van der Waals surface area contributed by atoms with Gasteiger partial charge in [-0.15, -0.1) is 0 Å². The van der Waals surface area contributed by atoms with Gasteiger partial charge in [0.25, 0.3) is 0 Å². The van der Waals surface area contributed by atoms with Gasteiger partial charge in [0.1, 0.15) is 54.9 Å². The molecule has 4 fully saturated rings. The van der Waals surface area contributed by atoms with Gasteiger partial charge in [-0.05, 0) is 25.7 Å². The lowest BCUT2D eigenvalue weighted by atomic mass is 9.87. The molecule has 13 unspecified atom stereocenters. The maximum Gasteiger partial charge on any atom is 0.187 e. The van der Waals surface area contributed by atoms with Crippen LogP contribution in [0.2, 0.25) is 0 Å². The van der Waals surface area contributed by atoms with E-state index in [1.807, 2.05) is 0 Å². The van der Waals surface area contributed by atoms with E-state index in [0.717, 1.165) is 19.3 Å². The van der Waals surface area contributed by atoms with Gasteiger partial charge in [-0.2, -0.15) is 0 Å². The van der Waals surface area contributed by atoms with Gasteiger partial charge in [-0.1, -0.05) is 32.1 Å². The van der Waals surface area contributed by atoms with Gasteiger partial charge in [0.05, 0.1) is 25.4 Å². The van der Waals surface area contributed by atoms with Crippen LogP contribution < -0.4 is 0 Å². The third kappa shape index (κ3) is 7.47. The van der Waals surface area contributed by atoms with E-state index in [-0.39, 0.29) is 13.0 Å². The first-order valence-electron chi connectivity index (χ1n) is 14.2. The Balaban J connectivity index is 1.42. The molecule has 1 saturated carbocycles. The second-order valence-corrected chi connectivity index (χ2v) is 11.2. The minimum absolute atomic E-state index is 0.192. The van der Waals surface area contributed by atoms with Crippen LogP contribution in [0.3, 0.4) is 0 Å². The van der Waals surface area contributed by atoms with E-state index in [2.05, 4.69) is 0 Å². The lowest BCUT2D eigenvalue weighted by Crippen LogP contribution is -2.63. The molecule has 0 amide bonds. The van der Waals surface area contributed by atoms with Crippen molar-refractivity contribution in [3.8, 4) is 0 Å². The molecule has 4 aliphatic rings. The quantitative estimate of drug-likeness (QED) is 0.156. The fraction of sp³-hybridized carbons (Fsp3) is 1.00. The van der Waals surface area contributed by atoms with E-state index >= 15 is 0 Å². The summed E-state index contributed by atoms with van der Waals surface area (Å²) in [6.07, 6.45) is -8.45. The Labute approximate surface area is 228 Å². The van der Waals surface area contributed by atoms with Gasteiger partial charge >= 0.3 is 0 Å².